The molecule has 0 spiro atoms. The topological polar surface area (TPSA) is 68.3 Å². The minimum absolute atomic E-state index is 0.207. The summed E-state index contributed by atoms with van der Waals surface area (Å²) in [6.45, 7) is 4.49. The maximum Gasteiger partial charge on any atom is 0.197 e. The predicted octanol–water partition coefficient (Wildman–Crippen LogP) is 9.47. The first-order chi connectivity index (χ1) is 20.7. The van der Waals surface area contributed by atoms with E-state index in [2.05, 4.69) is 26.0 Å². The third-order valence-electron chi connectivity index (χ3n) is 8.64. The van der Waals surface area contributed by atoms with E-state index in [9.17, 15) is 19.2 Å². The van der Waals surface area contributed by atoms with E-state index >= 15 is 0 Å². The van der Waals surface area contributed by atoms with Crippen LogP contribution < -0.4 is 0 Å². The van der Waals surface area contributed by atoms with Crippen LogP contribution in [0.15, 0.2) is 71.8 Å². The first-order valence-corrected chi connectivity index (χ1v) is 16.9. The van der Waals surface area contributed by atoms with Crippen LogP contribution in [0.1, 0.15) is 76.2 Å². The van der Waals surface area contributed by atoms with Crippen LogP contribution in [0.3, 0.4) is 0 Å². The van der Waals surface area contributed by atoms with Gasteiger partial charge in [-0.15, -0.1) is 45.3 Å². The van der Waals surface area contributed by atoms with Crippen LogP contribution in [0.5, 0.6) is 0 Å². The lowest BCUT2D eigenvalue weighted by molar-refractivity contribution is 0.0975. The fraction of sp³-hybridized carbons (Fsp3) is 0.0857. The molecule has 0 unspecified atom stereocenters. The normalized spacial score (nSPS) is 16.4. The predicted molar refractivity (Wildman–Crippen MR) is 177 cm³/mol. The van der Waals surface area contributed by atoms with E-state index in [4.69, 9.17) is 0 Å². The minimum atomic E-state index is -0.227. The number of allylic oxidation sites excluding steroid dienone is 2. The van der Waals surface area contributed by atoms with Gasteiger partial charge in [-0.2, -0.15) is 0 Å². The highest BCUT2D eigenvalue weighted by Crippen LogP contribution is 2.61. The highest BCUT2D eigenvalue weighted by molar-refractivity contribution is 7.40. The van der Waals surface area contributed by atoms with E-state index in [-0.39, 0.29) is 39.7 Å². The number of rotatable bonds is 2. The number of Topliss-reactive ketones (excluding diaryl/α,β-unsaturated/α-hetero) is 4. The van der Waals surface area contributed by atoms with Crippen molar-refractivity contribution in [2.24, 2.45) is 0 Å². The molecule has 0 fully saturated rings. The van der Waals surface area contributed by atoms with Crippen LogP contribution in [0.25, 0.3) is 40.7 Å². The number of carbonyl (C=O) groups is 4. The smallest absolute Gasteiger partial charge is 0.197 e. The molecule has 0 radical (unpaired) electrons. The third kappa shape index (κ3) is 3.29. The second-order valence-electron chi connectivity index (χ2n) is 11.4. The molecule has 0 N–H and O–H groups in total. The van der Waals surface area contributed by atoms with E-state index in [1.165, 1.54) is 35.0 Å². The molecular weight excluding hydrogens is 613 g/mol. The Morgan fingerprint density at radius 3 is 1.60 bits per heavy atom. The summed E-state index contributed by atoms with van der Waals surface area (Å²) in [6.07, 6.45) is 3.51. The molecule has 4 aromatic heterocycles. The fourth-order valence-corrected chi connectivity index (χ4v) is 12.5. The molecule has 0 amide bonds. The van der Waals surface area contributed by atoms with Crippen molar-refractivity contribution < 1.29 is 19.2 Å². The highest BCUT2D eigenvalue weighted by Gasteiger charge is 2.42. The van der Waals surface area contributed by atoms with Crippen molar-refractivity contribution in [1.29, 1.82) is 0 Å². The lowest BCUT2D eigenvalue weighted by Crippen LogP contribution is -2.13. The number of hydrogen-bond acceptors (Lipinski definition) is 8. The van der Waals surface area contributed by atoms with Crippen molar-refractivity contribution in [3.63, 3.8) is 0 Å². The van der Waals surface area contributed by atoms with Gasteiger partial charge in [0.1, 0.15) is 0 Å². The summed E-state index contributed by atoms with van der Waals surface area (Å²) in [7, 11) is 0. The van der Waals surface area contributed by atoms with Crippen molar-refractivity contribution in [2.45, 2.75) is 19.3 Å². The van der Waals surface area contributed by atoms with Gasteiger partial charge >= 0.3 is 0 Å². The standard InChI is InChI=1S/C35H18O4S4/c1-35(2)23-13-15(11-21-26(36)17-7-3-4-8-18(17)27(21)37)40-30(23)32-25(35)33-34(43-32)31-24(42-33)14-16(41-31)12-22-28(38)19-9-5-6-10-20(19)29(22)39/h3-14H,1-2H3. The summed E-state index contributed by atoms with van der Waals surface area (Å²) in [6, 6.07) is 18.2. The average molecular weight is 631 g/mol. The van der Waals surface area contributed by atoms with Gasteiger partial charge in [-0.3, -0.25) is 19.2 Å². The molecule has 9 rings (SSSR count). The van der Waals surface area contributed by atoms with Gasteiger partial charge in [0.15, 0.2) is 23.1 Å². The van der Waals surface area contributed by atoms with Gasteiger partial charge in [-0.1, -0.05) is 62.4 Å². The van der Waals surface area contributed by atoms with Crippen molar-refractivity contribution in [2.75, 3.05) is 0 Å². The first-order valence-electron chi connectivity index (χ1n) is 13.7. The highest BCUT2D eigenvalue weighted by atomic mass is 32.1. The molecule has 206 valence electrons. The molecule has 43 heavy (non-hydrogen) atoms. The lowest BCUT2D eigenvalue weighted by Gasteiger charge is -2.19. The molecular formula is C35H18O4S4. The number of fused-ring (bicyclic) bond motifs is 9. The summed E-state index contributed by atoms with van der Waals surface area (Å²) in [5.74, 6) is -0.830. The van der Waals surface area contributed by atoms with Crippen molar-refractivity contribution in [3.05, 3.63) is 115 Å². The maximum atomic E-state index is 13.0. The summed E-state index contributed by atoms with van der Waals surface area (Å²) < 4.78 is 4.85. The summed E-state index contributed by atoms with van der Waals surface area (Å²) in [5.41, 5.74) is 4.70. The monoisotopic (exact) mass is 630 g/mol. The number of ketones is 4. The Morgan fingerprint density at radius 2 is 1.07 bits per heavy atom. The third-order valence-corrected chi connectivity index (χ3v) is 13.7. The number of carbonyl (C=O) groups excluding carboxylic acids is 4. The summed E-state index contributed by atoms with van der Waals surface area (Å²) >= 11 is 6.81. The average Bonchev–Trinajstić information content (AvgIpc) is 3.83. The largest absolute Gasteiger partial charge is 0.288 e. The zero-order valence-electron chi connectivity index (χ0n) is 22.7. The Morgan fingerprint density at radius 1 is 0.558 bits per heavy atom. The molecule has 4 heterocycles. The number of hydrogen-bond donors (Lipinski definition) is 0. The fourth-order valence-electron chi connectivity index (χ4n) is 6.54. The van der Waals surface area contributed by atoms with Gasteiger partial charge in [0.25, 0.3) is 0 Å². The van der Waals surface area contributed by atoms with Gasteiger partial charge < -0.3 is 0 Å². The molecule has 8 heteroatoms. The quantitative estimate of drug-likeness (QED) is 0.141. The molecule has 0 saturated heterocycles. The number of thiophene rings is 4. The van der Waals surface area contributed by atoms with Crippen LogP contribution in [-0.4, -0.2) is 23.1 Å². The summed E-state index contributed by atoms with van der Waals surface area (Å²) in [5, 5.41) is 0. The summed E-state index contributed by atoms with van der Waals surface area (Å²) in [4.78, 5) is 56.1. The van der Waals surface area contributed by atoms with Crippen LogP contribution in [-0.2, 0) is 5.41 Å². The van der Waals surface area contributed by atoms with Crippen LogP contribution in [0.4, 0.5) is 0 Å². The van der Waals surface area contributed by atoms with Crippen molar-refractivity contribution in [3.8, 4) is 9.75 Å². The van der Waals surface area contributed by atoms with Crippen molar-refractivity contribution >= 4 is 99.4 Å². The minimum Gasteiger partial charge on any atom is -0.288 e. The molecule has 3 aliphatic rings. The van der Waals surface area contributed by atoms with E-state index in [0.717, 1.165) is 14.5 Å². The molecule has 0 bridgehead atoms. The zero-order valence-corrected chi connectivity index (χ0v) is 26.0. The Labute approximate surface area is 261 Å². The van der Waals surface area contributed by atoms with E-state index in [1.54, 1.807) is 106 Å². The Bertz CT molecular complexity index is 2320. The molecule has 3 aliphatic carbocycles. The van der Waals surface area contributed by atoms with E-state index in [0.29, 0.717) is 22.3 Å². The number of benzene rings is 2. The molecule has 0 saturated carbocycles. The zero-order chi connectivity index (χ0) is 29.4. The lowest BCUT2D eigenvalue weighted by atomic mass is 9.84. The van der Waals surface area contributed by atoms with Gasteiger partial charge in [0, 0.05) is 47.0 Å². The first kappa shape index (κ1) is 25.4. The van der Waals surface area contributed by atoms with Gasteiger partial charge in [-0.05, 0) is 35.4 Å². The van der Waals surface area contributed by atoms with E-state index in [1.807, 2.05) is 0 Å². The maximum absolute atomic E-state index is 13.0. The Balaban J connectivity index is 1.12. The molecule has 2 aromatic carbocycles. The molecule has 4 nitrogen and oxygen atoms in total. The van der Waals surface area contributed by atoms with Gasteiger partial charge in [0.05, 0.1) is 30.1 Å². The molecule has 6 aromatic rings. The molecule has 0 atom stereocenters. The second kappa shape index (κ2) is 8.51. The molecule has 0 aliphatic heterocycles. The Kier molecular flexibility index (Phi) is 5.03. The van der Waals surface area contributed by atoms with E-state index < -0.39 is 0 Å². The van der Waals surface area contributed by atoms with Crippen LogP contribution in [0, 0.1) is 0 Å². The second-order valence-corrected chi connectivity index (χ2v) is 15.7. The van der Waals surface area contributed by atoms with Gasteiger partial charge in [0.2, 0.25) is 0 Å². The van der Waals surface area contributed by atoms with Gasteiger partial charge in [-0.25, -0.2) is 0 Å². The van der Waals surface area contributed by atoms with Crippen molar-refractivity contribution in [1.82, 2.24) is 0 Å². The SMILES string of the molecule is CC1(C)c2cc(C=C3C(=O)c4ccccc4C3=O)sc2-c2sc3c(sc4cc(C=C5C(=O)c6ccccc6C5=O)sc43)c21. The van der Waals surface area contributed by atoms with Crippen LogP contribution >= 0.6 is 45.3 Å². The van der Waals surface area contributed by atoms with Crippen LogP contribution in [0.2, 0.25) is 0 Å². The Hall–Kier alpha value is -4.08.